The van der Waals surface area contributed by atoms with Gasteiger partial charge in [-0.05, 0) is 36.6 Å². The van der Waals surface area contributed by atoms with Gasteiger partial charge in [0, 0.05) is 50.6 Å². The van der Waals surface area contributed by atoms with Crippen LogP contribution in [0.15, 0.2) is 60.7 Å². The van der Waals surface area contributed by atoms with Crippen molar-refractivity contribution >= 4 is 40.7 Å². The maximum absolute atomic E-state index is 12.7. The minimum absolute atomic E-state index is 0.143. The van der Waals surface area contributed by atoms with Gasteiger partial charge in [-0.1, -0.05) is 41.9 Å². The maximum atomic E-state index is 12.7. The molecule has 0 radical (unpaired) electrons. The molecule has 0 spiro atoms. The van der Waals surface area contributed by atoms with Gasteiger partial charge in [0.25, 0.3) is 5.91 Å². The molecule has 33 heavy (non-hydrogen) atoms. The van der Waals surface area contributed by atoms with Crippen molar-refractivity contribution in [3.8, 4) is 0 Å². The zero-order valence-corrected chi connectivity index (χ0v) is 19.1. The first kappa shape index (κ1) is 23.0. The van der Waals surface area contributed by atoms with Gasteiger partial charge in [-0.3, -0.25) is 19.3 Å². The lowest BCUT2D eigenvalue weighted by Gasteiger charge is -2.33. The Morgan fingerprint density at radius 3 is 2.36 bits per heavy atom. The first-order valence-corrected chi connectivity index (χ1v) is 11.5. The number of aryl methyl sites for hydroxylation is 1. The topological polar surface area (TPSA) is 73.0 Å². The molecule has 1 N–H and O–H groups in total. The number of amides is 3. The fourth-order valence-corrected chi connectivity index (χ4v) is 4.37. The predicted octanol–water partition coefficient (Wildman–Crippen LogP) is 2.96. The number of carbonyl (C=O) groups excluding carboxylic acids is 3. The molecule has 2 heterocycles. The van der Waals surface area contributed by atoms with Gasteiger partial charge in [-0.2, -0.15) is 0 Å². The average Bonchev–Trinajstić information content (AvgIpc) is 2.84. The van der Waals surface area contributed by atoms with E-state index in [1.807, 2.05) is 41.3 Å². The number of nitrogens with zero attached hydrogens (tertiary/aromatic N) is 3. The fraction of sp³-hybridized carbons (Fsp3) is 0.320. The molecule has 0 aromatic heterocycles. The molecule has 0 atom stereocenters. The number of fused-ring (bicyclic) bond motifs is 1. The molecular formula is C25H27ClN4O3. The Morgan fingerprint density at radius 2 is 1.58 bits per heavy atom. The molecule has 172 valence electrons. The van der Waals surface area contributed by atoms with Gasteiger partial charge in [-0.15, -0.1) is 0 Å². The van der Waals surface area contributed by atoms with E-state index in [4.69, 9.17) is 11.6 Å². The molecular weight excluding hydrogens is 440 g/mol. The average molecular weight is 467 g/mol. The van der Waals surface area contributed by atoms with Crippen molar-refractivity contribution < 1.29 is 14.4 Å². The van der Waals surface area contributed by atoms with Crippen molar-refractivity contribution in [1.82, 2.24) is 9.80 Å². The second-order valence-corrected chi connectivity index (χ2v) is 8.59. The molecule has 3 amide bonds. The van der Waals surface area contributed by atoms with Crippen LogP contribution in [0.4, 0.5) is 11.4 Å². The Bertz CT molecular complexity index is 1060. The Morgan fingerprint density at radius 1 is 0.879 bits per heavy atom. The molecule has 2 aliphatic rings. The Labute approximate surface area is 198 Å². The predicted molar refractivity (Wildman–Crippen MR) is 129 cm³/mol. The standard InChI is InChI=1S/C25H27ClN4O3/c26-20-8-2-3-9-21(20)27-23(31)18-28-14-16-29(17-15-28)24(32)11-12-25(33)30-13-5-7-19-6-1-4-10-22(19)30/h1-4,6,8-12H,5,7,13-18H2,(H,27,31). The summed E-state index contributed by atoms with van der Waals surface area (Å²) in [5.74, 6) is -0.505. The maximum Gasteiger partial charge on any atom is 0.251 e. The number of rotatable bonds is 5. The number of para-hydroxylation sites is 2. The molecule has 1 saturated heterocycles. The lowest BCUT2D eigenvalue weighted by Crippen LogP contribution is -2.50. The Hall–Kier alpha value is -3.16. The molecule has 1 fully saturated rings. The van der Waals surface area contributed by atoms with Crippen LogP contribution in [0.3, 0.4) is 0 Å². The molecule has 7 nitrogen and oxygen atoms in total. The van der Waals surface area contributed by atoms with E-state index in [2.05, 4.69) is 5.32 Å². The van der Waals surface area contributed by atoms with E-state index >= 15 is 0 Å². The number of nitrogens with one attached hydrogen (secondary N) is 1. The van der Waals surface area contributed by atoms with Gasteiger partial charge >= 0.3 is 0 Å². The van der Waals surface area contributed by atoms with Crippen LogP contribution in [0.25, 0.3) is 0 Å². The van der Waals surface area contributed by atoms with Crippen molar-refractivity contribution in [3.63, 3.8) is 0 Å². The normalized spacial score (nSPS) is 16.5. The van der Waals surface area contributed by atoms with E-state index in [-0.39, 0.29) is 24.3 Å². The fourth-order valence-electron chi connectivity index (χ4n) is 4.18. The summed E-state index contributed by atoms with van der Waals surface area (Å²) >= 11 is 6.09. The van der Waals surface area contributed by atoms with Gasteiger partial charge in [0.05, 0.1) is 17.3 Å². The Kier molecular flexibility index (Phi) is 7.42. The van der Waals surface area contributed by atoms with Crippen LogP contribution < -0.4 is 10.2 Å². The van der Waals surface area contributed by atoms with Crippen LogP contribution >= 0.6 is 11.6 Å². The van der Waals surface area contributed by atoms with Crippen LogP contribution in [-0.4, -0.2) is 66.8 Å². The quantitative estimate of drug-likeness (QED) is 0.688. The molecule has 2 aliphatic heterocycles. The van der Waals surface area contributed by atoms with Crippen LogP contribution in [0, 0.1) is 0 Å². The van der Waals surface area contributed by atoms with Crippen LogP contribution in [-0.2, 0) is 20.8 Å². The highest BCUT2D eigenvalue weighted by Crippen LogP contribution is 2.26. The van der Waals surface area contributed by atoms with E-state index in [1.165, 1.54) is 12.2 Å². The summed E-state index contributed by atoms with van der Waals surface area (Å²) in [5.41, 5.74) is 2.67. The molecule has 0 unspecified atom stereocenters. The summed E-state index contributed by atoms with van der Waals surface area (Å²) in [6.07, 6.45) is 4.60. The molecule has 0 saturated carbocycles. The van der Waals surface area contributed by atoms with Gasteiger partial charge in [0.1, 0.15) is 0 Å². The van der Waals surface area contributed by atoms with Crippen LogP contribution in [0.5, 0.6) is 0 Å². The SMILES string of the molecule is O=C(CN1CCN(C(=O)C=CC(=O)N2CCCc3ccccc32)CC1)Nc1ccccc1Cl. The molecule has 0 bridgehead atoms. The second-order valence-electron chi connectivity index (χ2n) is 8.18. The summed E-state index contributed by atoms with van der Waals surface area (Å²) in [5, 5.41) is 3.31. The minimum atomic E-state index is -0.186. The lowest BCUT2D eigenvalue weighted by molar-refractivity contribution is -0.128. The summed E-state index contributed by atoms with van der Waals surface area (Å²) in [7, 11) is 0. The molecule has 0 aliphatic carbocycles. The van der Waals surface area contributed by atoms with Crippen molar-refractivity contribution in [1.29, 1.82) is 0 Å². The molecule has 2 aromatic rings. The van der Waals surface area contributed by atoms with Crippen molar-refractivity contribution in [2.24, 2.45) is 0 Å². The van der Waals surface area contributed by atoms with Crippen molar-refractivity contribution in [2.75, 3.05) is 49.5 Å². The molecule has 2 aromatic carbocycles. The van der Waals surface area contributed by atoms with Crippen molar-refractivity contribution in [3.05, 3.63) is 71.3 Å². The molecule has 8 heteroatoms. The van der Waals surface area contributed by atoms with E-state index in [0.717, 1.165) is 24.1 Å². The van der Waals surface area contributed by atoms with E-state index < -0.39 is 0 Å². The summed E-state index contributed by atoms with van der Waals surface area (Å²) < 4.78 is 0. The highest BCUT2D eigenvalue weighted by Gasteiger charge is 2.23. The first-order valence-electron chi connectivity index (χ1n) is 11.1. The van der Waals surface area contributed by atoms with Crippen LogP contribution in [0.1, 0.15) is 12.0 Å². The molecule has 4 rings (SSSR count). The summed E-state index contributed by atoms with van der Waals surface area (Å²) in [6, 6.07) is 15.0. The highest BCUT2D eigenvalue weighted by atomic mass is 35.5. The third-order valence-electron chi connectivity index (χ3n) is 5.94. The number of anilines is 2. The first-order chi connectivity index (χ1) is 16.0. The number of hydrogen-bond donors (Lipinski definition) is 1. The number of halogens is 1. The second kappa shape index (κ2) is 10.6. The highest BCUT2D eigenvalue weighted by molar-refractivity contribution is 6.33. The number of piperazine rings is 1. The smallest absolute Gasteiger partial charge is 0.251 e. The van der Waals surface area contributed by atoms with E-state index in [1.54, 1.807) is 21.9 Å². The third-order valence-corrected chi connectivity index (χ3v) is 6.27. The largest absolute Gasteiger partial charge is 0.337 e. The minimum Gasteiger partial charge on any atom is -0.337 e. The number of benzene rings is 2. The third kappa shape index (κ3) is 5.80. The number of hydrogen-bond acceptors (Lipinski definition) is 4. The Balaban J connectivity index is 1.25. The van der Waals surface area contributed by atoms with Crippen molar-refractivity contribution in [2.45, 2.75) is 12.8 Å². The van der Waals surface area contributed by atoms with Gasteiger partial charge in [-0.25, -0.2) is 0 Å². The summed E-state index contributed by atoms with van der Waals surface area (Å²) in [6.45, 7) is 3.07. The zero-order valence-electron chi connectivity index (χ0n) is 18.4. The van der Waals surface area contributed by atoms with E-state index in [9.17, 15) is 14.4 Å². The number of carbonyl (C=O) groups is 3. The zero-order chi connectivity index (χ0) is 23.2. The summed E-state index contributed by atoms with van der Waals surface area (Å²) in [4.78, 5) is 43.0. The lowest BCUT2D eigenvalue weighted by atomic mass is 10.0. The van der Waals surface area contributed by atoms with Gasteiger partial charge in [0.15, 0.2) is 0 Å². The monoisotopic (exact) mass is 466 g/mol. The van der Waals surface area contributed by atoms with Crippen LogP contribution in [0.2, 0.25) is 5.02 Å². The van der Waals surface area contributed by atoms with Gasteiger partial charge < -0.3 is 15.1 Å². The van der Waals surface area contributed by atoms with E-state index in [0.29, 0.717) is 43.4 Å². The van der Waals surface area contributed by atoms with Gasteiger partial charge in [0.2, 0.25) is 11.8 Å².